The first-order valence-corrected chi connectivity index (χ1v) is 6.21. The Bertz CT molecular complexity index is 632. The average Bonchev–Trinajstić information content (AvgIpc) is 2.34. The molecule has 0 aliphatic carbocycles. The number of hydrogen-bond acceptors (Lipinski definition) is 3. The summed E-state index contributed by atoms with van der Waals surface area (Å²) in [5.41, 5.74) is 2.32. The Morgan fingerprint density at radius 2 is 2.00 bits per heavy atom. The van der Waals surface area contributed by atoms with Crippen LogP contribution in [-0.2, 0) is 0 Å². The number of aromatic nitrogens is 1. The van der Waals surface area contributed by atoms with Gasteiger partial charge in [-0.15, -0.1) is 0 Å². The van der Waals surface area contributed by atoms with Crippen LogP contribution in [0.2, 0.25) is 0 Å². The van der Waals surface area contributed by atoms with E-state index in [0.717, 1.165) is 15.7 Å². The minimum Gasteiger partial charge on any atom is -0.438 e. The molecule has 0 fully saturated rings. The van der Waals surface area contributed by atoms with E-state index >= 15 is 0 Å². The van der Waals surface area contributed by atoms with E-state index in [1.165, 1.54) is 0 Å². The lowest BCUT2D eigenvalue weighted by atomic mass is 10.2. The summed E-state index contributed by atoms with van der Waals surface area (Å²) < 4.78 is 6.68. The van der Waals surface area contributed by atoms with Gasteiger partial charge in [0, 0.05) is 10.2 Å². The van der Waals surface area contributed by atoms with Gasteiger partial charge < -0.3 is 4.74 Å². The largest absolute Gasteiger partial charge is 0.438 e. The van der Waals surface area contributed by atoms with E-state index in [9.17, 15) is 0 Å². The lowest BCUT2D eigenvalue weighted by molar-refractivity contribution is 0.459. The lowest BCUT2D eigenvalue weighted by Crippen LogP contribution is -1.94. The third-order valence-corrected chi connectivity index (χ3v) is 3.35. The Morgan fingerprint density at radius 1 is 1.22 bits per heavy atom. The second-order valence-corrected chi connectivity index (χ2v) is 4.78. The summed E-state index contributed by atoms with van der Waals surface area (Å²) in [6.07, 6.45) is 0. The molecule has 2 rings (SSSR count). The van der Waals surface area contributed by atoms with Gasteiger partial charge in [-0.05, 0) is 49.7 Å². The Hall–Kier alpha value is -1.86. The predicted octanol–water partition coefficient (Wildman–Crippen LogP) is 4.12. The van der Waals surface area contributed by atoms with Crippen molar-refractivity contribution in [3.05, 3.63) is 51.6 Å². The number of halogens is 1. The molecule has 0 atom stereocenters. The maximum absolute atomic E-state index is 9.01. The number of nitriles is 1. The molecule has 0 saturated heterocycles. The van der Waals surface area contributed by atoms with Gasteiger partial charge in [0.25, 0.3) is 0 Å². The molecule has 0 saturated carbocycles. The zero-order valence-corrected chi connectivity index (χ0v) is 11.7. The van der Waals surface area contributed by atoms with Crippen LogP contribution >= 0.6 is 15.9 Å². The highest BCUT2D eigenvalue weighted by molar-refractivity contribution is 9.10. The van der Waals surface area contributed by atoms with Gasteiger partial charge in [0.2, 0.25) is 5.88 Å². The van der Waals surface area contributed by atoms with Crippen molar-refractivity contribution in [2.24, 2.45) is 0 Å². The highest BCUT2D eigenvalue weighted by atomic mass is 79.9. The molecule has 0 radical (unpaired) electrons. The van der Waals surface area contributed by atoms with E-state index < -0.39 is 0 Å². The summed E-state index contributed by atoms with van der Waals surface area (Å²) in [7, 11) is 0. The van der Waals surface area contributed by atoms with E-state index in [0.29, 0.717) is 17.2 Å². The van der Waals surface area contributed by atoms with Crippen molar-refractivity contribution in [3.63, 3.8) is 0 Å². The minimum absolute atomic E-state index is 0.347. The first kappa shape index (κ1) is 12.6. The first-order chi connectivity index (χ1) is 8.60. The predicted molar refractivity (Wildman–Crippen MR) is 72.6 cm³/mol. The Kier molecular flexibility index (Phi) is 3.63. The molecule has 0 unspecified atom stereocenters. The van der Waals surface area contributed by atoms with Crippen molar-refractivity contribution >= 4 is 15.9 Å². The van der Waals surface area contributed by atoms with Crippen LogP contribution in [-0.4, -0.2) is 4.98 Å². The van der Waals surface area contributed by atoms with Crippen molar-refractivity contribution in [3.8, 4) is 17.7 Å². The van der Waals surface area contributed by atoms with Gasteiger partial charge in [-0.25, -0.2) is 4.98 Å². The lowest BCUT2D eigenvalue weighted by Gasteiger charge is -2.08. The highest BCUT2D eigenvalue weighted by Gasteiger charge is 2.07. The zero-order valence-electron chi connectivity index (χ0n) is 10.1. The van der Waals surface area contributed by atoms with E-state index in [1.54, 1.807) is 12.1 Å². The summed E-state index contributed by atoms with van der Waals surface area (Å²) in [6, 6.07) is 11.2. The second kappa shape index (κ2) is 5.19. The molecule has 0 N–H and O–H groups in total. The molecule has 0 spiro atoms. The van der Waals surface area contributed by atoms with Gasteiger partial charge in [0.1, 0.15) is 17.4 Å². The molecule has 2 aromatic rings. The number of pyridine rings is 1. The molecule has 3 nitrogen and oxygen atoms in total. The quantitative estimate of drug-likeness (QED) is 0.838. The number of benzene rings is 1. The Morgan fingerprint density at radius 3 is 2.67 bits per heavy atom. The average molecular weight is 303 g/mol. The highest BCUT2D eigenvalue weighted by Crippen LogP contribution is 2.27. The van der Waals surface area contributed by atoms with Crippen LogP contribution < -0.4 is 4.74 Å². The molecular formula is C14H11BrN2O. The summed E-state index contributed by atoms with van der Waals surface area (Å²) in [4.78, 5) is 4.23. The minimum atomic E-state index is 0.347. The normalized spacial score (nSPS) is 9.89. The first-order valence-electron chi connectivity index (χ1n) is 5.42. The van der Waals surface area contributed by atoms with Crippen molar-refractivity contribution in [1.82, 2.24) is 4.98 Å². The number of hydrogen-bond donors (Lipinski definition) is 0. The van der Waals surface area contributed by atoms with Gasteiger partial charge in [-0.2, -0.15) is 5.26 Å². The molecule has 1 aromatic heterocycles. The van der Waals surface area contributed by atoms with Crippen LogP contribution in [0.15, 0.2) is 34.8 Å². The van der Waals surface area contributed by atoms with E-state index in [2.05, 4.69) is 27.0 Å². The van der Waals surface area contributed by atoms with Crippen LogP contribution in [0.3, 0.4) is 0 Å². The van der Waals surface area contributed by atoms with Gasteiger partial charge >= 0.3 is 0 Å². The standard InChI is InChI=1S/C14H11BrN2O/c1-9-7-12(5-6-13(9)15)18-14-11(8-16)4-3-10(2)17-14/h3-7H,1-2H3. The Labute approximate surface area is 114 Å². The van der Waals surface area contributed by atoms with Crippen molar-refractivity contribution in [2.45, 2.75) is 13.8 Å². The third kappa shape index (κ3) is 2.69. The molecule has 1 heterocycles. The van der Waals surface area contributed by atoms with E-state index in [-0.39, 0.29) is 0 Å². The van der Waals surface area contributed by atoms with E-state index in [1.807, 2.05) is 32.0 Å². The van der Waals surface area contributed by atoms with Gasteiger partial charge in [-0.3, -0.25) is 0 Å². The molecule has 0 aliphatic rings. The number of ether oxygens (including phenoxy) is 1. The molecule has 1 aromatic carbocycles. The van der Waals surface area contributed by atoms with Gasteiger partial charge in [-0.1, -0.05) is 15.9 Å². The summed E-state index contributed by atoms with van der Waals surface area (Å²) >= 11 is 3.43. The second-order valence-electron chi connectivity index (χ2n) is 3.93. The molecule has 4 heteroatoms. The molecule has 0 amide bonds. The zero-order chi connectivity index (χ0) is 13.1. The van der Waals surface area contributed by atoms with Gasteiger partial charge in [0.15, 0.2) is 0 Å². The van der Waals surface area contributed by atoms with Crippen molar-refractivity contribution in [1.29, 1.82) is 5.26 Å². The fourth-order valence-corrected chi connectivity index (χ4v) is 1.73. The van der Waals surface area contributed by atoms with Gasteiger partial charge in [0.05, 0.1) is 0 Å². The van der Waals surface area contributed by atoms with Crippen LogP contribution in [0.5, 0.6) is 11.6 Å². The SMILES string of the molecule is Cc1ccc(C#N)c(Oc2ccc(Br)c(C)c2)n1. The third-order valence-electron chi connectivity index (χ3n) is 2.46. The van der Waals surface area contributed by atoms with E-state index in [4.69, 9.17) is 10.00 Å². The number of rotatable bonds is 2. The van der Waals surface area contributed by atoms with Crippen molar-refractivity contribution < 1.29 is 4.74 Å². The van der Waals surface area contributed by atoms with Crippen LogP contribution in [0, 0.1) is 25.2 Å². The Balaban J connectivity index is 2.36. The molecular weight excluding hydrogens is 292 g/mol. The summed E-state index contributed by atoms with van der Waals surface area (Å²) in [6.45, 7) is 3.84. The summed E-state index contributed by atoms with van der Waals surface area (Å²) in [5, 5.41) is 9.01. The summed E-state index contributed by atoms with van der Waals surface area (Å²) in [5.74, 6) is 1.02. The molecule has 0 bridgehead atoms. The maximum atomic E-state index is 9.01. The van der Waals surface area contributed by atoms with Crippen molar-refractivity contribution in [2.75, 3.05) is 0 Å². The topological polar surface area (TPSA) is 45.9 Å². The monoisotopic (exact) mass is 302 g/mol. The maximum Gasteiger partial charge on any atom is 0.237 e. The van der Waals surface area contributed by atoms with Crippen LogP contribution in [0.4, 0.5) is 0 Å². The van der Waals surface area contributed by atoms with Crippen LogP contribution in [0.1, 0.15) is 16.8 Å². The van der Waals surface area contributed by atoms with Crippen LogP contribution in [0.25, 0.3) is 0 Å². The fourth-order valence-electron chi connectivity index (χ4n) is 1.49. The number of aryl methyl sites for hydroxylation is 2. The molecule has 18 heavy (non-hydrogen) atoms. The molecule has 0 aliphatic heterocycles. The number of nitrogens with zero attached hydrogens (tertiary/aromatic N) is 2. The molecule has 90 valence electrons. The smallest absolute Gasteiger partial charge is 0.237 e. The fraction of sp³-hybridized carbons (Fsp3) is 0.143.